The smallest absolute Gasteiger partial charge is 0.324 e. The molecule has 1 aliphatic heterocycles. The summed E-state index contributed by atoms with van der Waals surface area (Å²) in [6.45, 7) is 2.05. The first-order valence-corrected chi connectivity index (χ1v) is 9.48. The molecule has 0 bridgehead atoms. The van der Waals surface area contributed by atoms with Crippen LogP contribution >= 0.6 is 0 Å². The maximum Gasteiger partial charge on any atom is 0.324 e. The van der Waals surface area contributed by atoms with Gasteiger partial charge in [0.15, 0.2) is 5.82 Å². The highest BCUT2D eigenvalue weighted by atomic mass is 16.5. The lowest BCUT2D eigenvalue weighted by molar-refractivity contribution is -0.115. The van der Waals surface area contributed by atoms with E-state index in [1.807, 2.05) is 43.5 Å². The molecule has 0 saturated carbocycles. The Hall–Kier alpha value is -3.72. The van der Waals surface area contributed by atoms with E-state index in [0.29, 0.717) is 11.5 Å². The Morgan fingerprint density at radius 1 is 1.33 bits per heavy atom. The van der Waals surface area contributed by atoms with Crippen molar-refractivity contribution in [3.05, 3.63) is 66.1 Å². The van der Waals surface area contributed by atoms with Crippen LogP contribution in [0.25, 0.3) is 5.69 Å². The number of aryl methyl sites for hydroxylation is 1. The quantitative estimate of drug-likeness (QED) is 0.678. The number of carbonyl (C=O) groups is 2. The van der Waals surface area contributed by atoms with Crippen LogP contribution in [0.3, 0.4) is 0 Å². The van der Waals surface area contributed by atoms with Gasteiger partial charge in [-0.1, -0.05) is 12.1 Å². The second-order valence-electron chi connectivity index (χ2n) is 7.02. The molecule has 2 aromatic heterocycles. The third-order valence-corrected chi connectivity index (χ3v) is 4.78. The van der Waals surface area contributed by atoms with E-state index >= 15 is 0 Å². The van der Waals surface area contributed by atoms with Crippen LogP contribution in [0.2, 0.25) is 0 Å². The molecule has 1 aliphatic rings. The molecule has 1 atom stereocenters. The predicted octanol–water partition coefficient (Wildman–Crippen LogP) is 2.43. The zero-order valence-corrected chi connectivity index (χ0v) is 16.7. The van der Waals surface area contributed by atoms with Crippen LogP contribution < -0.4 is 15.5 Å². The number of carbonyl (C=O) groups excluding carboxylic acids is 2. The van der Waals surface area contributed by atoms with Crippen molar-refractivity contribution in [3.8, 4) is 5.69 Å². The number of hydrogen-bond donors (Lipinski definition) is 2. The van der Waals surface area contributed by atoms with Crippen molar-refractivity contribution in [3.63, 3.8) is 0 Å². The van der Waals surface area contributed by atoms with Gasteiger partial charge in [0.25, 0.3) is 0 Å². The second kappa shape index (κ2) is 8.34. The van der Waals surface area contributed by atoms with Gasteiger partial charge in [0.1, 0.15) is 6.54 Å². The summed E-state index contributed by atoms with van der Waals surface area (Å²) in [6, 6.07) is 10.5. The highest BCUT2D eigenvalue weighted by Gasteiger charge is 2.29. The minimum atomic E-state index is -0.416. The van der Waals surface area contributed by atoms with Gasteiger partial charge in [-0.05, 0) is 42.3 Å². The molecular formula is C21H22N6O3. The molecule has 0 fully saturated rings. The molecule has 9 heteroatoms. The van der Waals surface area contributed by atoms with E-state index in [2.05, 4.69) is 20.7 Å². The minimum Gasteiger partial charge on any atom is -0.382 e. The normalized spacial score (nSPS) is 14.1. The van der Waals surface area contributed by atoms with E-state index in [1.54, 1.807) is 30.3 Å². The molecule has 1 unspecified atom stereocenters. The number of anilines is 2. The number of hydrogen-bond acceptors (Lipinski definition) is 5. The van der Waals surface area contributed by atoms with E-state index in [9.17, 15) is 9.59 Å². The third-order valence-electron chi connectivity index (χ3n) is 4.78. The number of benzene rings is 1. The number of fused-ring (bicyclic) bond motifs is 1. The van der Waals surface area contributed by atoms with Crippen LogP contribution in [-0.2, 0) is 9.53 Å². The molecule has 2 N–H and O–H groups in total. The van der Waals surface area contributed by atoms with Gasteiger partial charge in [-0.3, -0.25) is 9.69 Å². The van der Waals surface area contributed by atoms with Crippen molar-refractivity contribution >= 4 is 23.4 Å². The van der Waals surface area contributed by atoms with Crippen molar-refractivity contribution in [1.29, 1.82) is 0 Å². The van der Waals surface area contributed by atoms with Gasteiger partial charge >= 0.3 is 6.03 Å². The Balaban J connectivity index is 1.55. The molecule has 0 radical (unpaired) electrons. The van der Waals surface area contributed by atoms with E-state index in [-0.39, 0.29) is 19.1 Å². The molecule has 9 nitrogen and oxygen atoms in total. The largest absolute Gasteiger partial charge is 0.382 e. The average Bonchev–Trinajstić information content (AvgIpc) is 3.27. The fraction of sp³-hybridized carbons (Fsp3) is 0.238. The average molecular weight is 406 g/mol. The topological polar surface area (TPSA) is 101 Å². The zero-order valence-electron chi connectivity index (χ0n) is 16.7. The molecule has 154 valence electrons. The molecule has 0 spiro atoms. The lowest BCUT2D eigenvalue weighted by Gasteiger charge is -2.30. The maximum atomic E-state index is 13.0. The van der Waals surface area contributed by atoms with Gasteiger partial charge < -0.3 is 15.4 Å². The summed E-state index contributed by atoms with van der Waals surface area (Å²) in [6.07, 6.45) is 5.23. The minimum absolute atomic E-state index is 0.104. The first-order chi connectivity index (χ1) is 14.5. The van der Waals surface area contributed by atoms with Gasteiger partial charge in [0, 0.05) is 25.7 Å². The van der Waals surface area contributed by atoms with Crippen LogP contribution in [0.15, 0.2) is 55.0 Å². The summed E-state index contributed by atoms with van der Waals surface area (Å²) < 4.78 is 7.06. The van der Waals surface area contributed by atoms with Gasteiger partial charge in [0.2, 0.25) is 5.91 Å². The summed E-state index contributed by atoms with van der Waals surface area (Å²) in [5, 5.41) is 9.93. The van der Waals surface area contributed by atoms with Gasteiger partial charge in [-0.25, -0.2) is 14.5 Å². The predicted molar refractivity (Wildman–Crippen MR) is 112 cm³/mol. The van der Waals surface area contributed by atoms with Crippen LogP contribution in [0.5, 0.6) is 0 Å². The van der Waals surface area contributed by atoms with E-state index < -0.39 is 12.1 Å². The molecule has 1 aromatic carbocycles. The third kappa shape index (κ3) is 4.01. The second-order valence-corrected chi connectivity index (χ2v) is 7.02. The number of urea groups is 1. The highest BCUT2D eigenvalue weighted by molar-refractivity contribution is 6.08. The fourth-order valence-electron chi connectivity index (χ4n) is 3.34. The SMILES string of the molecule is COCC(NC(=O)N1CC(=O)Nc2cc(C)cnc21)c1ccc(-n2cccn2)cc1. The number of nitrogens with zero attached hydrogens (tertiary/aromatic N) is 4. The van der Waals surface area contributed by atoms with E-state index in [1.165, 1.54) is 4.90 Å². The molecule has 0 saturated heterocycles. The summed E-state index contributed by atoms with van der Waals surface area (Å²) >= 11 is 0. The van der Waals surface area contributed by atoms with Gasteiger partial charge in [-0.15, -0.1) is 0 Å². The zero-order chi connectivity index (χ0) is 21.1. The summed E-state index contributed by atoms with van der Waals surface area (Å²) in [5.41, 5.74) is 3.20. The Kier molecular flexibility index (Phi) is 5.44. The maximum absolute atomic E-state index is 13.0. The molecule has 3 aromatic rings. The number of aromatic nitrogens is 3. The van der Waals surface area contributed by atoms with Crippen molar-refractivity contribution < 1.29 is 14.3 Å². The molecule has 4 rings (SSSR count). The molecule has 3 heterocycles. The first kappa shape index (κ1) is 19.6. The number of pyridine rings is 1. The van der Waals surface area contributed by atoms with Gasteiger partial charge in [-0.2, -0.15) is 5.10 Å². The lowest BCUT2D eigenvalue weighted by atomic mass is 10.1. The fourth-order valence-corrected chi connectivity index (χ4v) is 3.34. The van der Waals surface area contributed by atoms with Crippen LogP contribution in [-0.4, -0.2) is 47.0 Å². The van der Waals surface area contributed by atoms with Crippen molar-refractivity contribution in [2.45, 2.75) is 13.0 Å². The Labute approximate surface area is 173 Å². The summed E-state index contributed by atoms with van der Waals surface area (Å²) in [5.74, 6) is 0.153. The standard InChI is InChI=1S/C21H22N6O3/c1-14-10-17-20(22-11-14)26(12-19(28)24-17)21(29)25-18(13-30-2)15-4-6-16(7-5-15)27-9-3-8-23-27/h3-11,18H,12-13H2,1-2H3,(H,24,28)(H,25,29). The van der Waals surface area contributed by atoms with Gasteiger partial charge in [0.05, 0.1) is 24.0 Å². The number of nitrogens with one attached hydrogen (secondary N) is 2. The number of rotatable bonds is 5. The monoisotopic (exact) mass is 406 g/mol. The van der Waals surface area contributed by atoms with Crippen LogP contribution in [0.1, 0.15) is 17.2 Å². The van der Waals surface area contributed by atoms with E-state index in [0.717, 1.165) is 16.8 Å². The number of ether oxygens (including phenoxy) is 1. The summed E-state index contributed by atoms with van der Waals surface area (Å²) in [7, 11) is 1.57. The Morgan fingerprint density at radius 2 is 2.13 bits per heavy atom. The lowest BCUT2D eigenvalue weighted by Crippen LogP contribution is -2.49. The van der Waals surface area contributed by atoms with Crippen molar-refractivity contribution in [2.75, 3.05) is 30.5 Å². The number of amides is 3. The molecule has 0 aliphatic carbocycles. The highest BCUT2D eigenvalue weighted by Crippen LogP contribution is 2.28. The molecule has 3 amide bonds. The van der Waals surface area contributed by atoms with Crippen LogP contribution in [0, 0.1) is 6.92 Å². The van der Waals surface area contributed by atoms with E-state index in [4.69, 9.17) is 4.74 Å². The summed E-state index contributed by atoms with van der Waals surface area (Å²) in [4.78, 5) is 30.8. The Morgan fingerprint density at radius 3 is 2.83 bits per heavy atom. The van der Waals surface area contributed by atoms with Crippen molar-refractivity contribution in [2.24, 2.45) is 0 Å². The number of methoxy groups -OCH3 is 1. The molecule has 30 heavy (non-hydrogen) atoms. The molecular weight excluding hydrogens is 384 g/mol. The van der Waals surface area contributed by atoms with Crippen molar-refractivity contribution in [1.82, 2.24) is 20.1 Å². The first-order valence-electron chi connectivity index (χ1n) is 9.48. The Bertz CT molecular complexity index is 1050. The van der Waals surface area contributed by atoms with Crippen LogP contribution in [0.4, 0.5) is 16.3 Å².